The monoisotopic (exact) mass is 698 g/mol. The summed E-state index contributed by atoms with van der Waals surface area (Å²) in [6.07, 6.45) is 0. The molecular weight excluding hydrogens is 659 g/mol. The second kappa shape index (κ2) is 11.9. The Kier molecular flexibility index (Phi) is 7.19. The number of hydrogen-bond acceptors (Lipinski definition) is 2. The summed E-state index contributed by atoms with van der Waals surface area (Å²) in [7, 11) is 0. The van der Waals surface area contributed by atoms with Crippen molar-refractivity contribution < 1.29 is 0 Å². The molecule has 0 bridgehead atoms. The predicted octanol–water partition coefficient (Wildman–Crippen LogP) is 11.2. The molecule has 3 aromatic heterocycles. The Morgan fingerprint density at radius 1 is 0.547 bits per heavy atom. The first-order valence-electron chi connectivity index (χ1n) is 18.6. The molecule has 0 aliphatic rings. The molecule has 10 rings (SSSR count). The van der Waals surface area contributed by atoms with Crippen LogP contribution in [-0.2, 0) is 0 Å². The molecule has 0 aliphatic carbocycles. The van der Waals surface area contributed by atoms with Crippen molar-refractivity contribution in [2.45, 2.75) is 41.5 Å². The van der Waals surface area contributed by atoms with Gasteiger partial charge in [0, 0.05) is 15.5 Å². The van der Waals surface area contributed by atoms with Gasteiger partial charge in [-0.25, -0.2) is 4.98 Å². The van der Waals surface area contributed by atoms with Gasteiger partial charge in [-0.1, -0.05) is 153 Å². The lowest BCUT2D eigenvalue weighted by Gasteiger charge is -2.25. The van der Waals surface area contributed by atoms with Crippen LogP contribution in [0, 0.1) is 41.5 Å². The Morgan fingerprint density at radius 3 is 1.77 bits per heavy atom. The van der Waals surface area contributed by atoms with Crippen LogP contribution in [-0.4, -0.2) is 16.1 Å². The van der Waals surface area contributed by atoms with Crippen molar-refractivity contribution in [3.63, 3.8) is 0 Å². The number of benzene rings is 7. The zero-order valence-electron chi connectivity index (χ0n) is 31.0. The maximum atomic E-state index is 5.41. The number of nitrogens with zero attached hydrogens (tertiary/aromatic N) is 2. The van der Waals surface area contributed by atoms with Gasteiger partial charge in [0.1, 0.15) is 0 Å². The fraction of sp³-hybridized carbons (Fsp3) is 0.122. The van der Waals surface area contributed by atoms with Crippen LogP contribution in [0.1, 0.15) is 33.4 Å². The van der Waals surface area contributed by atoms with Crippen molar-refractivity contribution in [3.05, 3.63) is 161 Å². The maximum Gasteiger partial charge on any atom is 0.242 e. The average Bonchev–Trinajstić information content (AvgIpc) is 3.71. The summed E-state index contributed by atoms with van der Waals surface area (Å²) in [5.41, 5.74) is 17.6. The van der Waals surface area contributed by atoms with Crippen LogP contribution >= 0.6 is 11.3 Å². The zero-order valence-corrected chi connectivity index (χ0v) is 31.8. The van der Waals surface area contributed by atoms with Gasteiger partial charge in [-0.15, -0.1) is 11.3 Å². The Balaban J connectivity index is 1.25. The van der Waals surface area contributed by atoms with Crippen LogP contribution in [0.25, 0.3) is 69.7 Å². The topological polar surface area (TPSA) is 17.3 Å². The molecule has 0 unspecified atom stereocenters. The van der Waals surface area contributed by atoms with Crippen molar-refractivity contribution in [3.8, 4) is 11.3 Å². The summed E-state index contributed by atoms with van der Waals surface area (Å²) in [5, 5.41) is 7.57. The van der Waals surface area contributed by atoms with Crippen molar-refractivity contribution >= 4 is 92.8 Å². The predicted molar refractivity (Wildman–Crippen MR) is 232 cm³/mol. The van der Waals surface area contributed by atoms with Gasteiger partial charge in [-0.3, -0.25) is 4.40 Å². The van der Waals surface area contributed by atoms with Crippen molar-refractivity contribution in [2.75, 3.05) is 0 Å². The summed E-state index contributed by atoms with van der Waals surface area (Å²) < 4.78 is 4.94. The Bertz CT molecular complexity index is 3020. The average molecular weight is 699 g/mol. The number of pyridine rings is 1. The lowest BCUT2D eigenvalue weighted by molar-refractivity contribution is 1.25. The minimum absolute atomic E-state index is 0.125. The summed E-state index contributed by atoms with van der Waals surface area (Å²) in [5.74, 6) is 0. The number of aryl methyl sites for hydroxylation is 6. The van der Waals surface area contributed by atoms with E-state index in [4.69, 9.17) is 4.98 Å². The molecule has 4 heteroatoms. The van der Waals surface area contributed by atoms with Crippen molar-refractivity contribution in [1.82, 2.24) is 9.38 Å². The van der Waals surface area contributed by atoms with E-state index in [1.807, 2.05) is 11.3 Å². The molecule has 0 N–H and O–H groups in total. The molecule has 2 nitrogen and oxygen atoms in total. The first-order valence-corrected chi connectivity index (χ1v) is 19.4. The van der Waals surface area contributed by atoms with E-state index in [2.05, 4.69) is 173 Å². The van der Waals surface area contributed by atoms with Crippen LogP contribution in [0.5, 0.6) is 0 Å². The molecular formula is C49H39BN2S. The molecule has 3 heterocycles. The van der Waals surface area contributed by atoms with Crippen LogP contribution in [0.15, 0.2) is 127 Å². The van der Waals surface area contributed by atoms with E-state index in [1.54, 1.807) is 0 Å². The molecule has 0 spiro atoms. The van der Waals surface area contributed by atoms with Gasteiger partial charge in [0.2, 0.25) is 6.71 Å². The highest BCUT2D eigenvalue weighted by molar-refractivity contribution is 7.26. The van der Waals surface area contributed by atoms with E-state index in [0.29, 0.717) is 0 Å². The number of rotatable bonds is 4. The highest BCUT2D eigenvalue weighted by Crippen LogP contribution is 2.43. The van der Waals surface area contributed by atoms with Crippen molar-refractivity contribution in [1.29, 1.82) is 0 Å². The normalized spacial score (nSPS) is 12.0. The Morgan fingerprint density at radius 2 is 1.13 bits per heavy atom. The molecule has 0 fully saturated rings. The number of fused-ring (bicyclic) bond motifs is 10. The van der Waals surface area contributed by atoms with E-state index in [1.165, 1.54) is 97.0 Å². The molecule has 254 valence electrons. The van der Waals surface area contributed by atoms with Gasteiger partial charge >= 0.3 is 0 Å². The van der Waals surface area contributed by atoms with Gasteiger partial charge in [0.25, 0.3) is 0 Å². The Labute approximate surface area is 314 Å². The second-order valence-electron chi connectivity index (χ2n) is 15.2. The zero-order chi connectivity index (χ0) is 36.1. The standard InChI is InChI=1S/C49H39BN2S/c1-28-21-30(3)46(31(4)22-28)50(47-32(5)23-29(2)24-33(47)6)38-18-15-35(16-19-38)42-27-40-45-39-14-10-9-11-34(39)17-20-44(45)53-48(40)49-51-41-25-36-12-7-8-13-37(36)26-43(41)52(42)49/h7-27H,1-6H3. The van der Waals surface area contributed by atoms with Crippen LogP contribution in [0.4, 0.5) is 0 Å². The van der Waals surface area contributed by atoms with Gasteiger partial charge in [0.05, 0.1) is 21.4 Å². The third-order valence-electron chi connectivity index (χ3n) is 11.5. The fourth-order valence-corrected chi connectivity index (χ4v) is 10.6. The van der Waals surface area contributed by atoms with Crippen LogP contribution < -0.4 is 16.4 Å². The first kappa shape index (κ1) is 32.0. The third kappa shape index (κ3) is 4.96. The highest BCUT2D eigenvalue weighted by atomic mass is 32.1. The minimum Gasteiger partial charge on any atom is -0.291 e. The molecule has 0 saturated heterocycles. The van der Waals surface area contributed by atoms with E-state index in [9.17, 15) is 0 Å². The van der Waals surface area contributed by atoms with E-state index < -0.39 is 0 Å². The second-order valence-corrected chi connectivity index (χ2v) is 16.2. The van der Waals surface area contributed by atoms with Gasteiger partial charge in [-0.05, 0) is 92.9 Å². The number of hydrogen-bond donors (Lipinski definition) is 0. The van der Waals surface area contributed by atoms with E-state index in [-0.39, 0.29) is 6.71 Å². The molecule has 0 saturated carbocycles. The van der Waals surface area contributed by atoms with Crippen molar-refractivity contribution in [2.24, 2.45) is 0 Å². The maximum absolute atomic E-state index is 5.41. The van der Waals surface area contributed by atoms with Gasteiger partial charge in [-0.2, -0.15) is 0 Å². The first-order chi connectivity index (χ1) is 25.7. The molecule has 10 aromatic rings. The van der Waals surface area contributed by atoms with Crippen LogP contribution in [0.2, 0.25) is 0 Å². The summed E-state index contributed by atoms with van der Waals surface area (Å²) in [6, 6.07) is 47.8. The summed E-state index contributed by atoms with van der Waals surface area (Å²) in [4.78, 5) is 5.41. The smallest absolute Gasteiger partial charge is 0.242 e. The van der Waals surface area contributed by atoms with E-state index >= 15 is 0 Å². The SMILES string of the molecule is Cc1cc(C)c(B(c2ccc(-c3cc4c(sc5ccc6ccccc6c54)c4nc5cc6ccccc6cc5n34)cc2)c2c(C)cc(C)cc2C)c(C)c1. The number of imidazole rings is 1. The molecule has 53 heavy (non-hydrogen) atoms. The lowest BCUT2D eigenvalue weighted by atomic mass is 9.34. The van der Waals surface area contributed by atoms with E-state index in [0.717, 1.165) is 22.4 Å². The summed E-state index contributed by atoms with van der Waals surface area (Å²) >= 11 is 1.85. The van der Waals surface area contributed by atoms with Gasteiger partial charge in [0.15, 0.2) is 5.65 Å². The largest absolute Gasteiger partial charge is 0.291 e. The van der Waals surface area contributed by atoms with Gasteiger partial charge < -0.3 is 0 Å². The highest BCUT2D eigenvalue weighted by Gasteiger charge is 2.29. The summed E-state index contributed by atoms with van der Waals surface area (Å²) in [6.45, 7) is 13.7. The van der Waals surface area contributed by atoms with Crippen LogP contribution in [0.3, 0.4) is 0 Å². The molecule has 0 aliphatic heterocycles. The fourth-order valence-electron chi connectivity index (χ4n) is 9.39. The molecule has 7 aromatic carbocycles. The number of aromatic nitrogens is 2. The molecule has 0 amide bonds. The lowest BCUT2D eigenvalue weighted by Crippen LogP contribution is -2.55. The number of thiophene rings is 1. The minimum atomic E-state index is 0.125. The molecule has 0 atom stereocenters. The quantitative estimate of drug-likeness (QED) is 0.167. The third-order valence-corrected chi connectivity index (χ3v) is 12.6. The molecule has 0 radical (unpaired) electrons. The Hall–Kier alpha value is -5.71.